The van der Waals surface area contributed by atoms with Gasteiger partial charge in [0.15, 0.2) is 5.96 Å². The van der Waals surface area contributed by atoms with Crippen molar-refractivity contribution < 1.29 is 0 Å². The molecule has 1 fully saturated rings. The first-order valence-electron chi connectivity index (χ1n) is 10.5. The Morgan fingerprint density at radius 3 is 2.83 bits per heavy atom. The van der Waals surface area contributed by atoms with Gasteiger partial charge in [-0.25, -0.2) is 4.98 Å². The van der Waals surface area contributed by atoms with Crippen molar-refractivity contribution in [2.75, 3.05) is 46.2 Å². The fourth-order valence-electron chi connectivity index (χ4n) is 4.29. The Hall–Kier alpha value is -2.31. The van der Waals surface area contributed by atoms with Gasteiger partial charge in [-0.05, 0) is 56.1 Å². The van der Waals surface area contributed by atoms with Gasteiger partial charge in [-0.1, -0.05) is 29.8 Å². The van der Waals surface area contributed by atoms with Gasteiger partial charge in [0.05, 0.1) is 0 Å². The number of nitrogens with zero attached hydrogens (tertiary/aromatic N) is 4. The highest BCUT2D eigenvalue weighted by atomic mass is 35.5. The number of piperidine rings is 1. The van der Waals surface area contributed by atoms with Gasteiger partial charge in [-0.3, -0.25) is 9.89 Å². The van der Waals surface area contributed by atoms with Crippen LogP contribution in [0.25, 0.3) is 0 Å². The number of nitrogens with one attached hydrogen (secondary N) is 2. The van der Waals surface area contributed by atoms with Crippen LogP contribution in [0.3, 0.4) is 0 Å². The second kappa shape index (κ2) is 10.6. The highest BCUT2D eigenvalue weighted by Gasteiger charge is 2.30. The first-order chi connectivity index (χ1) is 14.5. The predicted molar refractivity (Wildman–Crippen MR) is 126 cm³/mol. The maximum Gasteiger partial charge on any atom is 0.191 e. The van der Waals surface area contributed by atoms with Crippen LogP contribution in [0.5, 0.6) is 0 Å². The lowest BCUT2D eigenvalue weighted by atomic mass is 9.85. The number of aromatic nitrogens is 1. The molecule has 1 aliphatic rings. The van der Waals surface area contributed by atoms with Crippen molar-refractivity contribution in [1.82, 2.24) is 20.5 Å². The zero-order valence-electron chi connectivity index (χ0n) is 18.4. The fourth-order valence-corrected chi connectivity index (χ4v) is 4.49. The molecular weight excluding hydrogens is 396 g/mol. The molecule has 2 aromatic rings. The summed E-state index contributed by atoms with van der Waals surface area (Å²) in [5, 5.41) is 7.77. The molecule has 0 amide bonds. The van der Waals surface area contributed by atoms with E-state index >= 15 is 0 Å². The molecule has 0 spiro atoms. The van der Waals surface area contributed by atoms with Crippen molar-refractivity contribution in [3.8, 4) is 0 Å². The minimum Gasteiger partial charge on any atom is -0.362 e. The van der Waals surface area contributed by atoms with Crippen molar-refractivity contribution in [3.63, 3.8) is 0 Å². The summed E-state index contributed by atoms with van der Waals surface area (Å²) in [4.78, 5) is 13.4. The fraction of sp³-hybridized carbons (Fsp3) is 0.478. The van der Waals surface area contributed by atoms with Crippen molar-refractivity contribution >= 4 is 23.4 Å². The van der Waals surface area contributed by atoms with Crippen molar-refractivity contribution in [1.29, 1.82) is 0 Å². The van der Waals surface area contributed by atoms with Crippen LogP contribution in [0.15, 0.2) is 47.6 Å². The van der Waals surface area contributed by atoms with Gasteiger partial charge in [-0.2, -0.15) is 0 Å². The quantitative estimate of drug-likeness (QED) is 0.544. The van der Waals surface area contributed by atoms with E-state index in [0.29, 0.717) is 18.5 Å². The lowest BCUT2D eigenvalue weighted by Crippen LogP contribution is -2.45. The number of hydrogen-bond acceptors (Lipinski definition) is 4. The average Bonchev–Trinajstić information content (AvgIpc) is 2.74. The highest BCUT2D eigenvalue weighted by Crippen LogP contribution is 2.35. The Labute approximate surface area is 185 Å². The number of guanidine groups is 1. The number of benzene rings is 1. The minimum atomic E-state index is 0.349. The monoisotopic (exact) mass is 428 g/mol. The van der Waals surface area contributed by atoms with E-state index in [2.05, 4.69) is 50.8 Å². The van der Waals surface area contributed by atoms with Crippen LogP contribution in [0, 0.1) is 5.92 Å². The van der Waals surface area contributed by atoms with Crippen LogP contribution in [0.2, 0.25) is 5.02 Å². The van der Waals surface area contributed by atoms with E-state index < -0.39 is 0 Å². The van der Waals surface area contributed by atoms with E-state index in [-0.39, 0.29) is 0 Å². The molecule has 1 aromatic carbocycles. The number of aliphatic imine (C=N–C) groups is 1. The molecule has 0 bridgehead atoms. The van der Waals surface area contributed by atoms with E-state index in [1.54, 1.807) is 0 Å². The normalized spacial score (nSPS) is 20.1. The standard InChI is InChI=1S/C23H33ClN6/c1-25-23(28-16-19-9-6-12-26-22(19)29(2)3)27-15-18-10-7-13-30(4)21(18)17-8-5-11-20(24)14-17/h5-6,8-9,11-12,14,18,21H,7,10,13,15-16H2,1-4H3,(H2,25,27,28). The van der Waals surface area contributed by atoms with E-state index in [0.717, 1.165) is 35.5 Å². The van der Waals surface area contributed by atoms with Crippen molar-refractivity contribution in [3.05, 3.63) is 58.7 Å². The smallest absolute Gasteiger partial charge is 0.191 e. The molecule has 0 saturated carbocycles. The van der Waals surface area contributed by atoms with Crippen molar-refractivity contribution in [2.45, 2.75) is 25.4 Å². The van der Waals surface area contributed by atoms with Gasteiger partial charge < -0.3 is 15.5 Å². The first-order valence-corrected chi connectivity index (χ1v) is 10.9. The summed E-state index contributed by atoms with van der Waals surface area (Å²) in [7, 11) is 8.03. The molecule has 2 N–H and O–H groups in total. The van der Waals surface area contributed by atoms with E-state index in [1.807, 2.05) is 50.4 Å². The van der Waals surface area contributed by atoms with Gasteiger partial charge in [0.2, 0.25) is 0 Å². The third-order valence-electron chi connectivity index (χ3n) is 5.69. The predicted octanol–water partition coefficient (Wildman–Crippen LogP) is 3.55. The topological polar surface area (TPSA) is 55.8 Å². The molecule has 2 atom stereocenters. The Balaban J connectivity index is 1.63. The van der Waals surface area contributed by atoms with Crippen LogP contribution < -0.4 is 15.5 Å². The zero-order valence-corrected chi connectivity index (χ0v) is 19.2. The summed E-state index contributed by atoms with van der Waals surface area (Å²) in [6, 6.07) is 12.7. The van der Waals surface area contributed by atoms with Crippen LogP contribution in [0.1, 0.15) is 30.0 Å². The third kappa shape index (κ3) is 5.64. The van der Waals surface area contributed by atoms with Gasteiger partial charge in [0.25, 0.3) is 0 Å². The van der Waals surface area contributed by atoms with Crippen LogP contribution >= 0.6 is 11.6 Å². The largest absolute Gasteiger partial charge is 0.362 e. The molecule has 1 aromatic heterocycles. The van der Waals surface area contributed by atoms with E-state index in [1.165, 1.54) is 18.4 Å². The Morgan fingerprint density at radius 1 is 1.27 bits per heavy atom. The van der Waals surface area contributed by atoms with Gasteiger partial charge in [0.1, 0.15) is 5.82 Å². The summed E-state index contributed by atoms with van der Waals surface area (Å²) in [6.07, 6.45) is 4.20. The van der Waals surface area contributed by atoms with Gasteiger partial charge >= 0.3 is 0 Å². The molecule has 30 heavy (non-hydrogen) atoms. The van der Waals surface area contributed by atoms with Crippen LogP contribution in [-0.2, 0) is 6.54 Å². The second-order valence-corrected chi connectivity index (χ2v) is 8.51. The summed E-state index contributed by atoms with van der Waals surface area (Å²) in [5.74, 6) is 2.26. The molecule has 0 aliphatic carbocycles. The molecule has 6 nitrogen and oxygen atoms in total. The lowest BCUT2D eigenvalue weighted by Gasteiger charge is -2.40. The number of pyridine rings is 1. The number of anilines is 1. The summed E-state index contributed by atoms with van der Waals surface area (Å²) >= 11 is 6.27. The first kappa shape index (κ1) is 22.4. The highest BCUT2D eigenvalue weighted by molar-refractivity contribution is 6.30. The molecule has 1 saturated heterocycles. The molecule has 7 heteroatoms. The lowest BCUT2D eigenvalue weighted by molar-refractivity contribution is 0.122. The zero-order chi connectivity index (χ0) is 21.5. The summed E-state index contributed by atoms with van der Waals surface area (Å²) in [6.45, 7) is 2.63. The maximum absolute atomic E-state index is 6.27. The number of rotatable bonds is 6. The number of hydrogen-bond donors (Lipinski definition) is 2. The molecule has 162 valence electrons. The molecule has 3 rings (SSSR count). The minimum absolute atomic E-state index is 0.349. The maximum atomic E-state index is 6.27. The Morgan fingerprint density at radius 2 is 2.10 bits per heavy atom. The average molecular weight is 429 g/mol. The molecule has 1 aliphatic heterocycles. The van der Waals surface area contributed by atoms with E-state index in [4.69, 9.17) is 11.6 Å². The number of likely N-dealkylation sites (tertiary alicyclic amines) is 1. The summed E-state index contributed by atoms with van der Waals surface area (Å²) in [5.41, 5.74) is 2.42. The van der Waals surface area contributed by atoms with Gasteiger partial charge in [0, 0.05) is 57.1 Å². The third-order valence-corrected chi connectivity index (χ3v) is 5.93. The van der Waals surface area contributed by atoms with E-state index in [9.17, 15) is 0 Å². The SMILES string of the molecule is CN=C(NCc1cccnc1N(C)C)NCC1CCCN(C)C1c1cccc(Cl)c1. The summed E-state index contributed by atoms with van der Waals surface area (Å²) < 4.78 is 0. The second-order valence-electron chi connectivity index (χ2n) is 8.07. The van der Waals surface area contributed by atoms with Gasteiger partial charge in [-0.15, -0.1) is 0 Å². The van der Waals surface area contributed by atoms with Crippen LogP contribution in [0.4, 0.5) is 5.82 Å². The number of halogens is 1. The Bertz CT molecular complexity index is 853. The van der Waals surface area contributed by atoms with Crippen molar-refractivity contribution in [2.24, 2.45) is 10.9 Å². The molecule has 0 radical (unpaired) electrons. The molecule has 2 heterocycles. The molecule has 2 unspecified atom stereocenters. The van der Waals surface area contributed by atoms with Crippen LogP contribution in [-0.4, -0.2) is 57.1 Å². The Kier molecular flexibility index (Phi) is 7.94. The molecular formula is C23H33ClN6.